The molecule has 24 heavy (non-hydrogen) atoms. The van der Waals surface area contributed by atoms with E-state index >= 15 is 0 Å². The molecule has 2 heteroatoms. The molecule has 0 radical (unpaired) electrons. The standard InChI is InChI=1S/C22H36N2/c1-18(2)17-23-19-13-15-22(16-14-19)24(20-9-5-3-6-10-20)21-11-7-4-8-12-21/h13-16,18,20-21,23H,3-12,17H2,1-2H3. The maximum absolute atomic E-state index is 3.55. The number of anilines is 2. The van der Waals surface area contributed by atoms with E-state index in [2.05, 4.69) is 48.3 Å². The predicted octanol–water partition coefficient (Wildman–Crippen LogP) is 6.23. The molecule has 134 valence electrons. The largest absolute Gasteiger partial charge is 0.385 e. The highest BCUT2D eigenvalue weighted by molar-refractivity contribution is 5.56. The molecule has 0 aromatic heterocycles. The molecule has 2 aliphatic carbocycles. The van der Waals surface area contributed by atoms with Gasteiger partial charge in [-0.05, 0) is 55.9 Å². The summed E-state index contributed by atoms with van der Waals surface area (Å²) in [5.74, 6) is 0.686. The second-order valence-electron chi connectivity index (χ2n) is 8.31. The Morgan fingerprint density at radius 2 is 1.33 bits per heavy atom. The molecule has 1 N–H and O–H groups in total. The van der Waals surface area contributed by atoms with Crippen LogP contribution < -0.4 is 10.2 Å². The normalized spacial score (nSPS) is 20.3. The minimum Gasteiger partial charge on any atom is -0.385 e. The number of hydrogen-bond acceptors (Lipinski definition) is 2. The molecule has 0 unspecified atom stereocenters. The van der Waals surface area contributed by atoms with Crippen LogP contribution in [0, 0.1) is 5.92 Å². The van der Waals surface area contributed by atoms with Gasteiger partial charge in [0.1, 0.15) is 0 Å². The maximum Gasteiger partial charge on any atom is 0.0372 e. The summed E-state index contributed by atoms with van der Waals surface area (Å²) in [5, 5.41) is 3.55. The summed E-state index contributed by atoms with van der Waals surface area (Å²) in [6.45, 7) is 5.57. The molecule has 1 aromatic carbocycles. The molecule has 2 fully saturated rings. The van der Waals surface area contributed by atoms with Gasteiger partial charge in [-0.15, -0.1) is 0 Å². The average Bonchev–Trinajstić information content (AvgIpc) is 2.63. The van der Waals surface area contributed by atoms with Gasteiger partial charge in [-0.2, -0.15) is 0 Å². The molecule has 2 saturated carbocycles. The van der Waals surface area contributed by atoms with Crippen molar-refractivity contribution in [3.63, 3.8) is 0 Å². The minimum atomic E-state index is 0.686. The fraction of sp³-hybridized carbons (Fsp3) is 0.727. The second kappa shape index (κ2) is 8.78. The number of rotatable bonds is 6. The first-order chi connectivity index (χ1) is 11.7. The zero-order valence-corrected chi connectivity index (χ0v) is 15.8. The maximum atomic E-state index is 3.55. The van der Waals surface area contributed by atoms with Crippen molar-refractivity contribution in [1.82, 2.24) is 0 Å². The first-order valence-corrected chi connectivity index (χ1v) is 10.4. The van der Waals surface area contributed by atoms with E-state index < -0.39 is 0 Å². The van der Waals surface area contributed by atoms with Crippen molar-refractivity contribution in [2.24, 2.45) is 5.92 Å². The quantitative estimate of drug-likeness (QED) is 0.666. The number of nitrogens with zero attached hydrogens (tertiary/aromatic N) is 1. The summed E-state index contributed by atoms with van der Waals surface area (Å²) in [5.41, 5.74) is 2.73. The first-order valence-electron chi connectivity index (χ1n) is 10.4. The Bertz CT molecular complexity index is 449. The van der Waals surface area contributed by atoms with E-state index in [1.165, 1.54) is 75.6 Å². The summed E-state index contributed by atoms with van der Waals surface area (Å²) in [6.07, 6.45) is 14.1. The average molecular weight is 329 g/mol. The van der Waals surface area contributed by atoms with Crippen molar-refractivity contribution >= 4 is 11.4 Å². The SMILES string of the molecule is CC(C)CNc1ccc(N(C2CCCCC2)C2CCCCC2)cc1. The van der Waals surface area contributed by atoms with Crippen molar-refractivity contribution in [3.05, 3.63) is 24.3 Å². The highest BCUT2D eigenvalue weighted by Gasteiger charge is 2.28. The van der Waals surface area contributed by atoms with Crippen molar-refractivity contribution in [2.75, 3.05) is 16.8 Å². The van der Waals surface area contributed by atoms with E-state index in [1.807, 2.05) is 0 Å². The van der Waals surface area contributed by atoms with Gasteiger partial charge >= 0.3 is 0 Å². The lowest BCUT2D eigenvalue weighted by atomic mass is 9.88. The first kappa shape index (κ1) is 17.6. The number of benzene rings is 1. The summed E-state index contributed by atoms with van der Waals surface area (Å²) in [7, 11) is 0. The predicted molar refractivity (Wildman–Crippen MR) is 106 cm³/mol. The van der Waals surface area contributed by atoms with Gasteiger partial charge in [0.25, 0.3) is 0 Å². The third-order valence-corrected chi connectivity index (χ3v) is 5.82. The van der Waals surface area contributed by atoms with Crippen molar-refractivity contribution < 1.29 is 0 Å². The third kappa shape index (κ3) is 4.68. The second-order valence-corrected chi connectivity index (χ2v) is 8.31. The number of nitrogens with one attached hydrogen (secondary N) is 1. The molecular formula is C22H36N2. The smallest absolute Gasteiger partial charge is 0.0372 e. The van der Waals surface area contributed by atoms with Crippen LogP contribution in [0.25, 0.3) is 0 Å². The van der Waals surface area contributed by atoms with Crippen LogP contribution in [0.3, 0.4) is 0 Å². The molecule has 2 aliphatic rings. The van der Waals surface area contributed by atoms with E-state index in [-0.39, 0.29) is 0 Å². The van der Waals surface area contributed by atoms with Crippen LogP contribution in [0.2, 0.25) is 0 Å². The fourth-order valence-corrected chi connectivity index (χ4v) is 4.51. The van der Waals surface area contributed by atoms with Crippen LogP contribution in [-0.2, 0) is 0 Å². The van der Waals surface area contributed by atoms with E-state index in [0.29, 0.717) is 5.92 Å². The molecule has 0 spiro atoms. The Morgan fingerprint density at radius 3 is 1.79 bits per heavy atom. The Morgan fingerprint density at radius 1 is 0.833 bits per heavy atom. The van der Waals surface area contributed by atoms with Crippen molar-refractivity contribution in [2.45, 2.75) is 90.1 Å². The van der Waals surface area contributed by atoms with Crippen LogP contribution in [0.1, 0.15) is 78.1 Å². The van der Waals surface area contributed by atoms with Gasteiger partial charge in [0.05, 0.1) is 0 Å². The molecule has 0 saturated heterocycles. The lowest BCUT2D eigenvalue weighted by molar-refractivity contribution is 0.340. The zero-order valence-electron chi connectivity index (χ0n) is 15.8. The molecule has 1 aromatic rings. The Labute approximate surface area is 149 Å². The lowest BCUT2D eigenvalue weighted by Gasteiger charge is -2.43. The van der Waals surface area contributed by atoms with Crippen LogP contribution in [0.15, 0.2) is 24.3 Å². The third-order valence-electron chi connectivity index (χ3n) is 5.82. The van der Waals surface area contributed by atoms with Crippen molar-refractivity contribution in [3.8, 4) is 0 Å². The van der Waals surface area contributed by atoms with Crippen LogP contribution >= 0.6 is 0 Å². The summed E-state index contributed by atoms with van der Waals surface area (Å²) in [4.78, 5) is 2.82. The zero-order chi connectivity index (χ0) is 16.8. The van der Waals surface area contributed by atoms with Crippen LogP contribution in [0.4, 0.5) is 11.4 Å². The van der Waals surface area contributed by atoms with E-state index in [4.69, 9.17) is 0 Å². The van der Waals surface area contributed by atoms with Gasteiger partial charge in [-0.1, -0.05) is 52.4 Å². The Hall–Kier alpha value is -1.18. The van der Waals surface area contributed by atoms with E-state index in [9.17, 15) is 0 Å². The van der Waals surface area contributed by atoms with Gasteiger partial charge < -0.3 is 10.2 Å². The molecular weight excluding hydrogens is 292 g/mol. The topological polar surface area (TPSA) is 15.3 Å². The fourth-order valence-electron chi connectivity index (χ4n) is 4.51. The summed E-state index contributed by atoms with van der Waals surface area (Å²) >= 11 is 0. The molecule has 0 atom stereocenters. The molecule has 0 aliphatic heterocycles. The van der Waals surface area contributed by atoms with Gasteiger partial charge in [-0.3, -0.25) is 0 Å². The highest BCUT2D eigenvalue weighted by Crippen LogP contribution is 2.34. The Kier molecular flexibility index (Phi) is 6.45. The van der Waals surface area contributed by atoms with E-state index in [0.717, 1.165) is 18.6 Å². The molecule has 0 bridgehead atoms. The lowest BCUT2D eigenvalue weighted by Crippen LogP contribution is -2.45. The Balaban J connectivity index is 1.73. The van der Waals surface area contributed by atoms with E-state index in [1.54, 1.807) is 0 Å². The summed E-state index contributed by atoms with van der Waals surface area (Å²) < 4.78 is 0. The molecule has 3 rings (SSSR count). The molecule has 0 amide bonds. The van der Waals surface area contributed by atoms with Crippen LogP contribution in [0.5, 0.6) is 0 Å². The van der Waals surface area contributed by atoms with Crippen molar-refractivity contribution in [1.29, 1.82) is 0 Å². The number of hydrogen-bond donors (Lipinski definition) is 1. The molecule has 2 nitrogen and oxygen atoms in total. The molecule has 0 heterocycles. The minimum absolute atomic E-state index is 0.686. The van der Waals surface area contributed by atoms with Crippen LogP contribution in [-0.4, -0.2) is 18.6 Å². The highest BCUT2D eigenvalue weighted by atomic mass is 15.2. The monoisotopic (exact) mass is 328 g/mol. The van der Waals surface area contributed by atoms with Gasteiger partial charge in [0.2, 0.25) is 0 Å². The van der Waals surface area contributed by atoms with Gasteiger partial charge in [0.15, 0.2) is 0 Å². The summed E-state index contributed by atoms with van der Waals surface area (Å²) in [6, 6.07) is 10.9. The van der Waals surface area contributed by atoms with Gasteiger partial charge in [-0.25, -0.2) is 0 Å². The van der Waals surface area contributed by atoms with Gasteiger partial charge in [0, 0.05) is 30.0 Å².